The van der Waals surface area contributed by atoms with E-state index in [4.69, 9.17) is 9.47 Å². The summed E-state index contributed by atoms with van der Waals surface area (Å²) in [6.07, 6.45) is 3.74. The highest BCUT2D eigenvalue weighted by atomic mass is 16.7. The van der Waals surface area contributed by atoms with Crippen LogP contribution in [-0.4, -0.2) is 23.0 Å². The minimum absolute atomic E-state index is 0.0427. The van der Waals surface area contributed by atoms with Crippen LogP contribution in [-0.2, 0) is 9.47 Å². The van der Waals surface area contributed by atoms with Gasteiger partial charge in [0.1, 0.15) is 6.23 Å². The molecule has 1 aliphatic rings. The van der Waals surface area contributed by atoms with Gasteiger partial charge in [0.15, 0.2) is 6.29 Å². The fourth-order valence-corrected chi connectivity index (χ4v) is 2.68. The summed E-state index contributed by atoms with van der Waals surface area (Å²) in [6, 6.07) is 4.33. The van der Waals surface area contributed by atoms with Crippen molar-refractivity contribution in [2.24, 2.45) is 0 Å². The van der Waals surface area contributed by atoms with Crippen LogP contribution in [0.4, 0.5) is 0 Å². The van der Waals surface area contributed by atoms with E-state index in [9.17, 15) is 0 Å². The molecule has 0 radical (unpaired) electrons. The van der Waals surface area contributed by atoms with E-state index in [1.165, 1.54) is 11.1 Å². The Balaban J connectivity index is 2.03. The van der Waals surface area contributed by atoms with E-state index in [0.29, 0.717) is 0 Å². The summed E-state index contributed by atoms with van der Waals surface area (Å²) in [5.41, 5.74) is 4.67. The minimum atomic E-state index is -0.0849. The molecule has 18 heavy (non-hydrogen) atoms. The van der Waals surface area contributed by atoms with Crippen molar-refractivity contribution in [1.82, 2.24) is 9.55 Å². The average Bonchev–Trinajstić information content (AvgIpc) is 2.93. The Labute approximate surface area is 107 Å². The van der Waals surface area contributed by atoms with Crippen molar-refractivity contribution < 1.29 is 9.47 Å². The fourth-order valence-electron chi connectivity index (χ4n) is 2.68. The summed E-state index contributed by atoms with van der Waals surface area (Å²) in [6.45, 7) is 4.21. The number of methoxy groups -OCH3 is 1. The van der Waals surface area contributed by atoms with E-state index in [1.807, 2.05) is 6.33 Å². The first-order chi connectivity index (χ1) is 8.69. The molecule has 1 saturated heterocycles. The summed E-state index contributed by atoms with van der Waals surface area (Å²) in [4.78, 5) is 4.50. The van der Waals surface area contributed by atoms with Crippen molar-refractivity contribution >= 4 is 11.0 Å². The van der Waals surface area contributed by atoms with Crippen LogP contribution < -0.4 is 0 Å². The van der Waals surface area contributed by atoms with Gasteiger partial charge in [-0.3, -0.25) is 0 Å². The number of hydrogen-bond donors (Lipinski definition) is 0. The first-order valence-corrected chi connectivity index (χ1v) is 6.31. The first kappa shape index (κ1) is 11.7. The smallest absolute Gasteiger partial charge is 0.159 e. The third-order valence-corrected chi connectivity index (χ3v) is 3.55. The SMILES string of the molecule is COC1CCC(n2cnc3c(C)cc(C)cc32)O1. The van der Waals surface area contributed by atoms with Crippen LogP contribution >= 0.6 is 0 Å². The number of nitrogens with zero attached hydrogens (tertiary/aromatic N) is 2. The van der Waals surface area contributed by atoms with Crippen molar-refractivity contribution in [2.75, 3.05) is 7.11 Å². The Morgan fingerprint density at radius 3 is 2.89 bits per heavy atom. The molecule has 2 atom stereocenters. The van der Waals surface area contributed by atoms with E-state index < -0.39 is 0 Å². The molecule has 1 aromatic heterocycles. The van der Waals surface area contributed by atoms with Crippen LogP contribution in [0, 0.1) is 13.8 Å². The van der Waals surface area contributed by atoms with Gasteiger partial charge in [0, 0.05) is 13.5 Å². The van der Waals surface area contributed by atoms with Crippen molar-refractivity contribution in [1.29, 1.82) is 0 Å². The zero-order chi connectivity index (χ0) is 12.7. The second-order valence-electron chi connectivity index (χ2n) is 4.93. The van der Waals surface area contributed by atoms with Crippen molar-refractivity contribution in [3.8, 4) is 0 Å². The fraction of sp³-hybridized carbons (Fsp3) is 0.500. The molecule has 4 heteroatoms. The number of aryl methyl sites for hydroxylation is 2. The molecule has 1 fully saturated rings. The summed E-state index contributed by atoms with van der Waals surface area (Å²) >= 11 is 0. The molecule has 96 valence electrons. The van der Waals surface area contributed by atoms with Gasteiger partial charge in [-0.1, -0.05) is 6.07 Å². The van der Waals surface area contributed by atoms with Gasteiger partial charge in [0.05, 0.1) is 17.4 Å². The van der Waals surface area contributed by atoms with Crippen LogP contribution in [0.5, 0.6) is 0 Å². The van der Waals surface area contributed by atoms with Gasteiger partial charge < -0.3 is 14.0 Å². The van der Waals surface area contributed by atoms with Crippen LogP contribution in [0.3, 0.4) is 0 Å². The Kier molecular flexibility index (Phi) is 2.84. The zero-order valence-corrected chi connectivity index (χ0v) is 11.0. The van der Waals surface area contributed by atoms with Gasteiger partial charge >= 0.3 is 0 Å². The van der Waals surface area contributed by atoms with Gasteiger partial charge in [-0.25, -0.2) is 4.98 Å². The molecule has 4 nitrogen and oxygen atoms in total. The molecule has 2 aromatic rings. The van der Waals surface area contributed by atoms with Crippen molar-refractivity contribution in [2.45, 2.75) is 39.2 Å². The second-order valence-corrected chi connectivity index (χ2v) is 4.93. The number of rotatable bonds is 2. The topological polar surface area (TPSA) is 36.3 Å². The number of ether oxygens (including phenoxy) is 2. The number of hydrogen-bond acceptors (Lipinski definition) is 3. The molecule has 0 amide bonds. The number of imidazole rings is 1. The third kappa shape index (κ3) is 1.82. The molecule has 1 aliphatic heterocycles. The highest BCUT2D eigenvalue weighted by Gasteiger charge is 2.27. The highest BCUT2D eigenvalue weighted by Crippen LogP contribution is 2.32. The Bertz CT molecular complexity index is 576. The molecule has 2 heterocycles. The van der Waals surface area contributed by atoms with Crippen LogP contribution in [0.15, 0.2) is 18.5 Å². The molecule has 0 bridgehead atoms. The van der Waals surface area contributed by atoms with E-state index >= 15 is 0 Å². The lowest BCUT2D eigenvalue weighted by Crippen LogP contribution is -2.12. The van der Waals surface area contributed by atoms with Gasteiger partial charge in [-0.15, -0.1) is 0 Å². The van der Waals surface area contributed by atoms with Crippen molar-refractivity contribution in [3.05, 3.63) is 29.6 Å². The van der Waals surface area contributed by atoms with Crippen LogP contribution in [0.2, 0.25) is 0 Å². The molecule has 0 saturated carbocycles. The molecule has 3 rings (SSSR count). The maximum atomic E-state index is 5.84. The van der Waals surface area contributed by atoms with Crippen LogP contribution in [0.1, 0.15) is 30.2 Å². The molecule has 0 spiro atoms. The first-order valence-electron chi connectivity index (χ1n) is 6.31. The molecule has 2 unspecified atom stereocenters. The number of fused-ring (bicyclic) bond motifs is 1. The van der Waals surface area contributed by atoms with Gasteiger partial charge in [0.2, 0.25) is 0 Å². The summed E-state index contributed by atoms with van der Waals surface area (Å²) < 4.78 is 13.2. The maximum absolute atomic E-state index is 5.84. The monoisotopic (exact) mass is 246 g/mol. The van der Waals surface area contributed by atoms with Crippen LogP contribution in [0.25, 0.3) is 11.0 Å². The molecule has 0 aliphatic carbocycles. The summed E-state index contributed by atoms with van der Waals surface area (Å²) in [5, 5.41) is 0. The van der Waals surface area contributed by atoms with E-state index in [1.54, 1.807) is 7.11 Å². The average molecular weight is 246 g/mol. The second kappa shape index (κ2) is 4.37. The lowest BCUT2D eigenvalue weighted by Gasteiger charge is -2.15. The maximum Gasteiger partial charge on any atom is 0.159 e. The molecule has 0 N–H and O–H groups in total. The summed E-state index contributed by atoms with van der Waals surface area (Å²) in [5.74, 6) is 0. The molecular weight excluding hydrogens is 228 g/mol. The van der Waals surface area contributed by atoms with Gasteiger partial charge in [-0.05, 0) is 37.5 Å². The normalized spacial score (nSPS) is 23.9. The molecular formula is C14H18N2O2. The van der Waals surface area contributed by atoms with E-state index in [0.717, 1.165) is 23.9 Å². The Morgan fingerprint density at radius 2 is 2.17 bits per heavy atom. The lowest BCUT2D eigenvalue weighted by molar-refractivity contribution is -0.132. The predicted molar refractivity (Wildman–Crippen MR) is 69.4 cm³/mol. The standard InChI is InChI=1S/C14H18N2O2/c1-9-6-10(2)14-11(7-9)16(8-15-14)12-4-5-13(17-3)18-12/h6-8,12-13H,4-5H2,1-3H3. The molecule has 1 aromatic carbocycles. The van der Waals surface area contributed by atoms with Gasteiger partial charge in [0.25, 0.3) is 0 Å². The summed E-state index contributed by atoms with van der Waals surface area (Å²) in [7, 11) is 1.69. The zero-order valence-electron chi connectivity index (χ0n) is 11.0. The van der Waals surface area contributed by atoms with Gasteiger partial charge in [-0.2, -0.15) is 0 Å². The third-order valence-electron chi connectivity index (χ3n) is 3.55. The minimum Gasteiger partial charge on any atom is -0.356 e. The predicted octanol–water partition coefficient (Wildman–Crippen LogP) is 2.93. The number of aromatic nitrogens is 2. The highest BCUT2D eigenvalue weighted by molar-refractivity contribution is 5.79. The Morgan fingerprint density at radius 1 is 1.33 bits per heavy atom. The van der Waals surface area contributed by atoms with Crippen molar-refractivity contribution in [3.63, 3.8) is 0 Å². The number of benzene rings is 1. The Hall–Kier alpha value is -1.39. The van der Waals surface area contributed by atoms with E-state index in [2.05, 4.69) is 35.5 Å². The quantitative estimate of drug-likeness (QED) is 0.817. The lowest BCUT2D eigenvalue weighted by atomic mass is 10.1. The van der Waals surface area contributed by atoms with E-state index in [-0.39, 0.29) is 12.5 Å². The largest absolute Gasteiger partial charge is 0.356 e.